The molecule has 0 aromatic carbocycles. The summed E-state index contributed by atoms with van der Waals surface area (Å²) in [4.78, 5) is 36.6. The lowest BCUT2D eigenvalue weighted by Crippen LogP contribution is -2.37. The smallest absolute Gasteiger partial charge is 0.332 e. The number of nitrogens with zero attached hydrogens (tertiary/aromatic N) is 3. The van der Waals surface area contributed by atoms with Crippen LogP contribution < -0.4 is 16.6 Å². The molecule has 24 heavy (non-hydrogen) atoms. The Bertz CT molecular complexity index is 875. The third kappa shape index (κ3) is 3.14. The fraction of sp³-hybridized carbons (Fsp3) is 0.562. The van der Waals surface area contributed by atoms with E-state index in [4.69, 9.17) is 0 Å². The lowest BCUT2D eigenvalue weighted by atomic mass is 10.1. The van der Waals surface area contributed by atoms with Crippen molar-refractivity contribution in [2.75, 3.05) is 6.54 Å². The van der Waals surface area contributed by atoms with Gasteiger partial charge < -0.3 is 15.0 Å². The van der Waals surface area contributed by atoms with Crippen LogP contribution in [0.15, 0.2) is 15.7 Å². The molecule has 0 radical (unpaired) electrons. The molecular weight excluding hydrogens is 312 g/mol. The second-order valence-corrected chi connectivity index (χ2v) is 5.99. The van der Waals surface area contributed by atoms with Gasteiger partial charge in [-0.05, 0) is 25.3 Å². The number of carbonyl (C=O) groups is 1. The minimum atomic E-state index is -0.436. The van der Waals surface area contributed by atoms with Crippen LogP contribution in [0.4, 0.5) is 0 Å². The van der Waals surface area contributed by atoms with Gasteiger partial charge in [-0.25, -0.2) is 4.79 Å². The monoisotopic (exact) mass is 336 g/mol. The van der Waals surface area contributed by atoms with E-state index in [-0.39, 0.29) is 12.0 Å². The van der Waals surface area contributed by atoms with E-state index >= 15 is 0 Å². The normalized spacial score (nSPS) is 12.5. The summed E-state index contributed by atoms with van der Waals surface area (Å²) in [6.07, 6.45) is 1.64. The molecule has 1 atom stereocenters. The molecule has 0 spiro atoms. The van der Waals surface area contributed by atoms with Crippen molar-refractivity contribution in [2.24, 2.45) is 21.1 Å². The Balaban J connectivity index is 2.27. The number of aromatic nitrogens is 3. The Kier molecular flexibility index (Phi) is 5.28. The first-order valence-electron chi connectivity index (χ1n) is 8.01. The van der Waals surface area contributed by atoms with Crippen LogP contribution in [0.5, 0.6) is 0 Å². The quantitative estimate of drug-likeness (QED) is 0.717. The molecule has 2 heterocycles. The highest BCUT2D eigenvalue weighted by Crippen LogP contribution is 2.13. The van der Waals surface area contributed by atoms with Crippen LogP contribution in [-0.2, 0) is 21.1 Å². The highest BCUT2D eigenvalue weighted by atomic mass is 16.3. The third-order valence-electron chi connectivity index (χ3n) is 4.33. The number of nitrogens with one attached hydrogen (secondary N) is 1. The SMILES string of the molecule is CCC(O)CCCNC(=O)c1cc2c(=O)n(C)c(=O)n(C)c2n1C. The van der Waals surface area contributed by atoms with E-state index in [0.29, 0.717) is 42.5 Å². The van der Waals surface area contributed by atoms with Crippen molar-refractivity contribution in [1.29, 1.82) is 0 Å². The highest BCUT2D eigenvalue weighted by Gasteiger charge is 2.18. The van der Waals surface area contributed by atoms with Gasteiger partial charge in [0, 0.05) is 27.7 Å². The number of hydrogen-bond acceptors (Lipinski definition) is 4. The molecule has 1 unspecified atom stereocenters. The molecule has 0 fully saturated rings. The minimum absolute atomic E-state index is 0.311. The van der Waals surface area contributed by atoms with Crippen molar-refractivity contribution < 1.29 is 9.90 Å². The lowest BCUT2D eigenvalue weighted by Gasteiger charge is -2.10. The van der Waals surface area contributed by atoms with E-state index in [0.717, 1.165) is 4.57 Å². The number of rotatable bonds is 6. The standard InChI is InChI=1S/C16H24N4O4/c1-5-10(21)7-6-8-17-13(22)12-9-11-14(18(12)2)19(3)16(24)20(4)15(11)23/h9-10,21H,5-8H2,1-4H3,(H,17,22). The van der Waals surface area contributed by atoms with Gasteiger partial charge in [0.25, 0.3) is 11.5 Å². The van der Waals surface area contributed by atoms with Gasteiger partial charge in [0.1, 0.15) is 11.3 Å². The Morgan fingerprint density at radius 1 is 1.21 bits per heavy atom. The summed E-state index contributed by atoms with van der Waals surface area (Å²) in [6, 6.07) is 1.51. The zero-order chi connectivity index (χ0) is 18.0. The van der Waals surface area contributed by atoms with Crippen molar-refractivity contribution in [3.8, 4) is 0 Å². The maximum absolute atomic E-state index is 12.4. The summed E-state index contributed by atoms with van der Waals surface area (Å²) in [5.41, 5.74) is -0.128. The molecule has 0 aliphatic rings. The number of amides is 1. The second-order valence-electron chi connectivity index (χ2n) is 5.99. The summed E-state index contributed by atoms with van der Waals surface area (Å²) in [6.45, 7) is 2.35. The minimum Gasteiger partial charge on any atom is -0.393 e. The molecule has 8 heteroatoms. The van der Waals surface area contributed by atoms with E-state index in [1.807, 2.05) is 6.92 Å². The number of fused-ring (bicyclic) bond motifs is 1. The van der Waals surface area contributed by atoms with E-state index in [1.54, 1.807) is 18.7 Å². The topological polar surface area (TPSA) is 98.3 Å². The summed E-state index contributed by atoms with van der Waals surface area (Å²) in [5, 5.41) is 12.6. The molecule has 0 bridgehead atoms. The van der Waals surface area contributed by atoms with Crippen LogP contribution >= 0.6 is 0 Å². The zero-order valence-corrected chi connectivity index (χ0v) is 14.5. The number of aliphatic hydroxyl groups excluding tert-OH is 1. The average molecular weight is 336 g/mol. The predicted octanol–water partition coefficient (Wildman–Crippen LogP) is -0.143. The van der Waals surface area contributed by atoms with Crippen LogP contribution in [0.25, 0.3) is 11.0 Å². The molecule has 1 amide bonds. The highest BCUT2D eigenvalue weighted by molar-refractivity contribution is 5.97. The van der Waals surface area contributed by atoms with Gasteiger partial charge >= 0.3 is 5.69 Å². The van der Waals surface area contributed by atoms with Crippen LogP contribution in [0.1, 0.15) is 36.7 Å². The van der Waals surface area contributed by atoms with Crippen LogP contribution in [0.2, 0.25) is 0 Å². The fourth-order valence-electron chi connectivity index (χ4n) is 2.79. The molecule has 0 aliphatic carbocycles. The first-order chi connectivity index (χ1) is 11.3. The first-order valence-corrected chi connectivity index (χ1v) is 8.01. The van der Waals surface area contributed by atoms with Crippen LogP contribution in [0.3, 0.4) is 0 Å². The maximum atomic E-state index is 12.4. The Morgan fingerprint density at radius 2 is 1.88 bits per heavy atom. The van der Waals surface area contributed by atoms with E-state index in [2.05, 4.69) is 5.32 Å². The second kappa shape index (κ2) is 7.04. The average Bonchev–Trinajstić information content (AvgIpc) is 2.92. The number of carbonyl (C=O) groups excluding carboxylic acids is 1. The molecule has 0 saturated heterocycles. The molecular formula is C16H24N4O4. The Labute approximate surface area is 139 Å². The third-order valence-corrected chi connectivity index (χ3v) is 4.33. The molecule has 0 saturated carbocycles. The van der Waals surface area contributed by atoms with Gasteiger partial charge in [-0.1, -0.05) is 6.92 Å². The van der Waals surface area contributed by atoms with Gasteiger partial charge in [-0.15, -0.1) is 0 Å². The Hall–Kier alpha value is -2.35. The molecule has 0 aliphatic heterocycles. The van der Waals surface area contributed by atoms with Crippen molar-refractivity contribution in [1.82, 2.24) is 19.0 Å². The van der Waals surface area contributed by atoms with E-state index in [9.17, 15) is 19.5 Å². The number of aliphatic hydroxyl groups is 1. The summed E-state index contributed by atoms with van der Waals surface area (Å²) in [5.74, 6) is -0.311. The van der Waals surface area contributed by atoms with Gasteiger partial charge in [0.2, 0.25) is 0 Å². The van der Waals surface area contributed by atoms with Gasteiger partial charge in [0.15, 0.2) is 0 Å². The van der Waals surface area contributed by atoms with Crippen molar-refractivity contribution in [3.63, 3.8) is 0 Å². The number of aryl methyl sites for hydroxylation is 2. The van der Waals surface area contributed by atoms with Crippen molar-refractivity contribution in [2.45, 2.75) is 32.3 Å². The summed E-state index contributed by atoms with van der Waals surface area (Å²) < 4.78 is 3.93. The predicted molar refractivity (Wildman–Crippen MR) is 91.3 cm³/mol. The molecule has 2 aromatic rings. The molecule has 132 valence electrons. The molecule has 2 rings (SSSR count). The molecule has 2 aromatic heterocycles. The Morgan fingerprint density at radius 3 is 2.50 bits per heavy atom. The summed E-state index contributed by atoms with van der Waals surface area (Å²) >= 11 is 0. The zero-order valence-electron chi connectivity index (χ0n) is 14.5. The lowest BCUT2D eigenvalue weighted by molar-refractivity contribution is 0.0940. The summed E-state index contributed by atoms with van der Waals surface area (Å²) in [7, 11) is 4.63. The van der Waals surface area contributed by atoms with Crippen molar-refractivity contribution >= 4 is 16.9 Å². The van der Waals surface area contributed by atoms with E-state index < -0.39 is 11.2 Å². The number of hydrogen-bond donors (Lipinski definition) is 2. The van der Waals surface area contributed by atoms with Gasteiger partial charge in [0.05, 0.1) is 11.5 Å². The van der Waals surface area contributed by atoms with Crippen molar-refractivity contribution in [3.05, 3.63) is 32.6 Å². The molecule has 8 nitrogen and oxygen atoms in total. The molecule has 2 N–H and O–H groups in total. The van der Waals surface area contributed by atoms with Gasteiger partial charge in [-0.3, -0.25) is 18.7 Å². The van der Waals surface area contributed by atoms with Crippen LogP contribution in [0, 0.1) is 0 Å². The van der Waals surface area contributed by atoms with Gasteiger partial charge in [-0.2, -0.15) is 0 Å². The maximum Gasteiger partial charge on any atom is 0.332 e. The van der Waals surface area contributed by atoms with Crippen LogP contribution in [-0.4, -0.2) is 37.4 Å². The first kappa shape index (κ1) is 18.0. The largest absolute Gasteiger partial charge is 0.393 e. The fourth-order valence-corrected chi connectivity index (χ4v) is 2.79. The van der Waals surface area contributed by atoms with E-state index in [1.165, 1.54) is 17.7 Å².